The molecular formula is C14H13N. The Morgan fingerprint density at radius 1 is 1.00 bits per heavy atom. The molecule has 2 aromatic rings. The summed E-state index contributed by atoms with van der Waals surface area (Å²) in [5.41, 5.74) is 2.48. The lowest BCUT2D eigenvalue weighted by Crippen LogP contribution is -1.81. The summed E-state index contributed by atoms with van der Waals surface area (Å²) in [6.45, 7) is 0. The van der Waals surface area contributed by atoms with Gasteiger partial charge in [-0.05, 0) is 23.6 Å². The van der Waals surface area contributed by atoms with Crippen molar-refractivity contribution < 1.29 is 0 Å². The quantitative estimate of drug-likeness (QED) is 0.732. The second-order valence-electron chi connectivity index (χ2n) is 3.38. The highest BCUT2D eigenvalue weighted by Gasteiger charge is 1.87. The van der Waals surface area contributed by atoms with Crippen LogP contribution in [0, 0.1) is 0 Å². The summed E-state index contributed by atoms with van der Waals surface area (Å²) < 4.78 is 0. The van der Waals surface area contributed by atoms with Gasteiger partial charge in [0.2, 0.25) is 0 Å². The number of rotatable bonds is 3. The molecule has 0 bridgehead atoms. The van der Waals surface area contributed by atoms with Crippen LogP contribution in [0.4, 0.5) is 0 Å². The Kier molecular flexibility index (Phi) is 3.29. The van der Waals surface area contributed by atoms with Crippen molar-refractivity contribution in [2.24, 2.45) is 0 Å². The van der Waals surface area contributed by atoms with Crippen LogP contribution < -0.4 is 0 Å². The standard InChI is InChI=1S/C14H13N/c1-2-6-13(7-3-1)8-4-9-14-10-5-11-15-12-14/h1-8,10-12H,9H2. The average Bonchev–Trinajstić information content (AvgIpc) is 2.32. The lowest BCUT2D eigenvalue weighted by Gasteiger charge is -1.94. The van der Waals surface area contributed by atoms with E-state index < -0.39 is 0 Å². The average molecular weight is 195 g/mol. The van der Waals surface area contributed by atoms with Crippen molar-refractivity contribution in [1.29, 1.82) is 0 Å². The van der Waals surface area contributed by atoms with Gasteiger partial charge in [0.25, 0.3) is 0 Å². The van der Waals surface area contributed by atoms with Gasteiger partial charge in [-0.15, -0.1) is 0 Å². The van der Waals surface area contributed by atoms with Gasteiger partial charge >= 0.3 is 0 Å². The third kappa shape index (κ3) is 3.06. The molecule has 15 heavy (non-hydrogen) atoms. The van der Waals surface area contributed by atoms with Crippen LogP contribution in [0.15, 0.2) is 60.9 Å². The molecule has 0 atom stereocenters. The van der Waals surface area contributed by atoms with Gasteiger partial charge in [-0.2, -0.15) is 0 Å². The summed E-state index contributed by atoms with van der Waals surface area (Å²) in [6, 6.07) is 14.4. The van der Waals surface area contributed by atoms with Crippen molar-refractivity contribution in [3.63, 3.8) is 0 Å². The van der Waals surface area contributed by atoms with Crippen LogP contribution in [0.5, 0.6) is 0 Å². The van der Waals surface area contributed by atoms with Crippen LogP contribution in [0.3, 0.4) is 0 Å². The summed E-state index contributed by atoms with van der Waals surface area (Å²) >= 11 is 0. The number of benzene rings is 1. The minimum Gasteiger partial charge on any atom is -0.264 e. The molecule has 1 nitrogen and oxygen atoms in total. The minimum absolute atomic E-state index is 0.933. The van der Waals surface area contributed by atoms with E-state index in [1.165, 1.54) is 11.1 Å². The van der Waals surface area contributed by atoms with Crippen LogP contribution in [0.2, 0.25) is 0 Å². The second-order valence-corrected chi connectivity index (χ2v) is 3.38. The predicted molar refractivity (Wildman–Crippen MR) is 63.4 cm³/mol. The zero-order chi connectivity index (χ0) is 10.3. The van der Waals surface area contributed by atoms with E-state index in [-0.39, 0.29) is 0 Å². The van der Waals surface area contributed by atoms with Crippen molar-refractivity contribution in [1.82, 2.24) is 4.98 Å². The molecule has 0 N–H and O–H groups in total. The van der Waals surface area contributed by atoms with Crippen molar-refractivity contribution in [3.8, 4) is 0 Å². The van der Waals surface area contributed by atoms with E-state index in [1.807, 2.05) is 30.5 Å². The number of pyridine rings is 1. The molecule has 2 rings (SSSR count). The second kappa shape index (κ2) is 5.11. The Labute approximate surface area is 90.1 Å². The van der Waals surface area contributed by atoms with Crippen molar-refractivity contribution >= 4 is 6.08 Å². The molecule has 0 aliphatic carbocycles. The highest BCUT2D eigenvalue weighted by molar-refractivity contribution is 5.49. The third-order valence-electron chi connectivity index (χ3n) is 2.19. The molecule has 1 aromatic carbocycles. The third-order valence-corrected chi connectivity index (χ3v) is 2.19. The maximum atomic E-state index is 4.08. The number of hydrogen-bond donors (Lipinski definition) is 0. The van der Waals surface area contributed by atoms with E-state index in [0.717, 1.165) is 6.42 Å². The molecule has 0 amide bonds. The van der Waals surface area contributed by atoms with E-state index in [9.17, 15) is 0 Å². The Bertz CT molecular complexity index is 418. The Morgan fingerprint density at radius 3 is 2.60 bits per heavy atom. The van der Waals surface area contributed by atoms with Gasteiger partial charge in [0.05, 0.1) is 0 Å². The van der Waals surface area contributed by atoms with Gasteiger partial charge < -0.3 is 0 Å². The summed E-state index contributed by atoms with van der Waals surface area (Å²) in [5.74, 6) is 0. The summed E-state index contributed by atoms with van der Waals surface area (Å²) in [7, 11) is 0. The number of hydrogen-bond acceptors (Lipinski definition) is 1. The van der Waals surface area contributed by atoms with Crippen LogP contribution in [-0.2, 0) is 6.42 Å². The van der Waals surface area contributed by atoms with Crippen LogP contribution >= 0.6 is 0 Å². The minimum atomic E-state index is 0.933. The monoisotopic (exact) mass is 195 g/mol. The lowest BCUT2D eigenvalue weighted by atomic mass is 10.1. The molecule has 0 saturated heterocycles. The number of allylic oxidation sites excluding steroid dienone is 1. The fraction of sp³-hybridized carbons (Fsp3) is 0.0714. The predicted octanol–water partition coefficient (Wildman–Crippen LogP) is 3.34. The van der Waals surface area contributed by atoms with Crippen LogP contribution in [0.25, 0.3) is 6.08 Å². The smallest absolute Gasteiger partial charge is 0.0303 e. The molecule has 0 fully saturated rings. The normalized spacial score (nSPS) is 10.7. The molecule has 0 aliphatic rings. The molecule has 1 heterocycles. The Balaban J connectivity index is 1.97. The van der Waals surface area contributed by atoms with Crippen molar-refractivity contribution in [2.45, 2.75) is 6.42 Å². The number of nitrogens with zero attached hydrogens (tertiary/aromatic N) is 1. The van der Waals surface area contributed by atoms with Gasteiger partial charge in [-0.3, -0.25) is 4.98 Å². The maximum absolute atomic E-state index is 4.08. The van der Waals surface area contributed by atoms with Crippen molar-refractivity contribution in [3.05, 3.63) is 72.1 Å². The van der Waals surface area contributed by atoms with Gasteiger partial charge in [-0.1, -0.05) is 48.6 Å². The van der Waals surface area contributed by atoms with Gasteiger partial charge in [0.15, 0.2) is 0 Å². The molecule has 0 spiro atoms. The first-order valence-electron chi connectivity index (χ1n) is 5.05. The molecule has 0 saturated carbocycles. The number of aromatic nitrogens is 1. The Hall–Kier alpha value is -1.89. The van der Waals surface area contributed by atoms with E-state index >= 15 is 0 Å². The SMILES string of the molecule is C(=Cc1ccccc1)Cc1cccnc1. The molecular weight excluding hydrogens is 182 g/mol. The van der Waals surface area contributed by atoms with Gasteiger partial charge in [0, 0.05) is 12.4 Å². The summed E-state index contributed by atoms with van der Waals surface area (Å²) in [5, 5.41) is 0. The molecule has 0 unspecified atom stereocenters. The first kappa shape index (κ1) is 9.66. The van der Waals surface area contributed by atoms with E-state index in [0.29, 0.717) is 0 Å². The van der Waals surface area contributed by atoms with Crippen LogP contribution in [-0.4, -0.2) is 4.98 Å². The first-order chi connectivity index (χ1) is 7.45. The highest BCUT2D eigenvalue weighted by atomic mass is 14.6. The van der Waals surface area contributed by atoms with Crippen LogP contribution in [0.1, 0.15) is 11.1 Å². The molecule has 1 heteroatoms. The fourth-order valence-electron chi connectivity index (χ4n) is 1.41. The summed E-state index contributed by atoms with van der Waals surface area (Å²) in [4.78, 5) is 4.08. The molecule has 74 valence electrons. The topological polar surface area (TPSA) is 12.9 Å². The first-order valence-corrected chi connectivity index (χ1v) is 5.05. The zero-order valence-corrected chi connectivity index (χ0v) is 8.51. The highest BCUT2D eigenvalue weighted by Crippen LogP contribution is 2.03. The fourth-order valence-corrected chi connectivity index (χ4v) is 1.41. The van der Waals surface area contributed by atoms with E-state index in [4.69, 9.17) is 0 Å². The van der Waals surface area contributed by atoms with E-state index in [2.05, 4.69) is 35.3 Å². The zero-order valence-electron chi connectivity index (χ0n) is 8.51. The Morgan fingerprint density at radius 2 is 1.87 bits per heavy atom. The summed E-state index contributed by atoms with van der Waals surface area (Å²) in [6.07, 6.45) is 8.92. The van der Waals surface area contributed by atoms with Gasteiger partial charge in [0.1, 0.15) is 0 Å². The van der Waals surface area contributed by atoms with Crippen molar-refractivity contribution in [2.75, 3.05) is 0 Å². The largest absolute Gasteiger partial charge is 0.264 e. The molecule has 0 radical (unpaired) electrons. The lowest BCUT2D eigenvalue weighted by molar-refractivity contribution is 1.19. The maximum Gasteiger partial charge on any atom is 0.0303 e. The van der Waals surface area contributed by atoms with Gasteiger partial charge in [-0.25, -0.2) is 0 Å². The molecule has 1 aromatic heterocycles. The molecule has 0 aliphatic heterocycles. The van der Waals surface area contributed by atoms with E-state index in [1.54, 1.807) is 6.20 Å².